The summed E-state index contributed by atoms with van der Waals surface area (Å²) in [5.41, 5.74) is 2.72. The van der Waals surface area contributed by atoms with Gasteiger partial charge in [-0.15, -0.1) is 0 Å². The van der Waals surface area contributed by atoms with Crippen LogP contribution in [0.5, 0.6) is 5.75 Å². The molecule has 2 nitrogen and oxygen atoms in total. The van der Waals surface area contributed by atoms with Gasteiger partial charge in [0.05, 0.1) is 13.2 Å². The summed E-state index contributed by atoms with van der Waals surface area (Å²) in [6, 6.07) is 12.8. The lowest BCUT2D eigenvalue weighted by atomic mass is 10.1. The second-order valence-corrected chi connectivity index (χ2v) is 4.63. The molecule has 100 valence electrons. The maximum absolute atomic E-state index is 13.4. The molecule has 0 aliphatic heterocycles. The fraction of sp³-hybridized carbons (Fsp3) is 0.250. The summed E-state index contributed by atoms with van der Waals surface area (Å²) in [5, 5.41) is 3.29. The molecular formula is C16H18FNO. The van der Waals surface area contributed by atoms with Crippen LogP contribution in [0.1, 0.15) is 24.1 Å². The first kappa shape index (κ1) is 13.4. The molecule has 0 saturated heterocycles. The fourth-order valence-electron chi connectivity index (χ4n) is 2.17. The minimum Gasteiger partial charge on any atom is -0.496 e. The number of nitrogens with one attached hydrogen (secondary N) is 1. The van der Waals surface area contributed by atoms with E-state index >= 15 is 0 Å². The summed E-state index contributed by atoms with van der Waals surface area (Å²) in [5.74, 6) is 0.602. The molecule has 0 spiro atoms. The molecule has 1 atom stereocenters. The van der Waals surface area contributed by atoms with Crippen molar-refractivity contribution in [2.45, 2.75) is 19.9 Å². The van der Waals surface area contributed by atoms with Gasteiger partial charge in [-0.3, -0.25) is 0 Å². The average molecular weight is 259 g/mol. The molecule has 0 radical (unpaired) electrons. The largest absolute Gasteiger partial charge is 0.496 e. The molecule has 2 aromatic carbocycles. The molecule has 0 fully saturated rings. The van der Waals surface area contributed by atoms with Crippen LogP contribution in [0.15, 0.2) is 42.5 Å². The second kappa shape index (κ2) is 5.74. The SMILES string of the molecule is COc1ccccc1C(C)Nc1cc(C)cc(F)c1. The Labute approximate surface area is 113 Å². The lowest BCUT2D eigenvalue weighted by Gasteiger charge is -2.18. The molecule has 3 heteroatoms. The summed E-state index contributed by atoms with van der Waals surface area (Å²) in [6.07, 6.45) is 0. The number of anilines is 1. The first-order valence-corrected chi connectivity index (χ1v) is 6.27. The zero-order valence-corrected chi connectivity index (χ0v) is 11.4. The molecule has 2 rings (SSSR count). The van der Waals surface area contributed by atoms with Crippen molar-refractivity contribution in [3.05, 3.63) is 59.4 Å². The van der Waals surface area contributed by atoms with Crippen molar-refractivity contribution in [1.29, 1.82) is 0 Å². The van der Waals surface area contributed by atoms with Gasteiger partial charge in [0, 0.05) is 11.3 Å². The van der Waals surface area contributed by atoms with Gasteiger partial charge in [0.15, 0.2) is 0 Å². The van der Waals surface area contributed by atoms with E-state index < -0.39 is 0 Å². The van der Waals surface area contributed by atoms with Crippen molar-refractivity contribution in [3.63, 3.8) is 0 Å². The van der Waals surface area contributed by atoms with E-state index in [0.29, 0.717) is 0 Å². The first-order chi connectivity index (χ1) is 9.10. The lowest BCUT2D eigenvalue weighted by Crippen LogP contribution is -2.08. The van der Waals surface area contributed by atoms with Gasteiger partial charge in [-0.25, -0.2) is 4.39 Å². The monoisotopic (exact) mass is 259 g/mol. The standard InChI is InChI=1S/C16H18FNO/c1-11-8-13(17)10-14(9-11)18-12(2)15-6-4-5-7-16(15)19-3/h4-10,12,18H,1-3H3. The quantitative estimate of drug-likeness (QED) is 0.883. The number of benzene rings is 2. The van der Waals surface area contributed by atoms with Crippen LogP contribution in [0.4, 0.5) is 10.1 Å². The van der Waals surface area contributed by atoms with Crippen LogP contribution in [0.2, 0.25) is 0 Å². The van der Waals surface area contributed by atoms with Crippen molar-refractivity contribution in [2.75, 3.05) is 12.4 Å². The third-order valence-electron chi connectivity index (χ3n) is 3.03. The first-order valence-electron chi connectivity index (χ1n) is 6.27. The van der Waals surface area contributed by atoms with Gasteiger partial charge in [-0.2, -0.15) is 0 Å². The molecule has 1 unspecified atom stereocenters. The minimum atomic E-state index is -0.227. The van der Waals surface area contributed by atoms with Gasteiger partial charge in [0.2, 0.25) is 0 Å². The number of para-hydroxylation sites is 1. The molecule has 2 aromatic rings. The minimum absolute atomic E-state index is 0.0392. The molecule has 19 heavy (non-hydrogen) atoms. The third-order valence-corrected chi connectivity index (χ3v) is 3.03. The molecular weight excluding hydrogens is 241 g/mol. The molecule has 0 amide bonds. The maximum Gasteiger partial charge on any atom is 0.125 e. The van der Waals surface area contributed by atoms with Crippen LogP contribution in [-0.2, 0) is 0 Å². The van der Waals surface area contributed by atoms with Gasteiger partial charge in [0.25, 0.3) is 0 Å². The van der Waals surface area contributed by atoms with Crippen molar-refractivity contribution in [2.24, 2.45) is 0 Å². The van der Waals surface area contributed by atoms with E-state index in [4.69, 9.17) is 4.74 Å². The zero-order chi connectivity index (χ0) is 13.8. The van der Waals surface area contributed by atoms with E-state index in [1.807, 2.05) is 44.2 Å². The number of methoxy groups -OCH3 is 1. The summed E-state index contributed by atoms with van der Waals surface area (Å²) in [4.78, 5) is 0. The number of hydrogen-bond acceptors (Lipinski definition) is 2. The number of aryl methyl sites for hydroxylation is 1. The fourth-order valence-corrected chi connectivity index (χ4v) is 2.17. The Hall–Kier alpha value is -2.03. The van der Waals surface area contributed by atoms with E-state index in [-0.39, 0.29) is 11.9 Å². The average Bonchev–Trinajstić information content (AvgIpc) is 2.37. The topological polar surface area (TPSA) is 21.3 Å². The number of halogens is 1. The summed E-state index contributed by atoms with van der Waals surface area (Å²) < 4.78 is 18.7. The Balaban J connectivity index is 2.22. The maximum atomic E-state index is 13.4. The molecule has 0 heterocycles. The van der Waals surface area contributed by atoms with E-state index in [1.54, 1.807) is 7.11 Å². The number of ether oxygens (including phenoxy) is 1. The molecule has 0 saturated carbocycles. The van der Waals surface area contributed by atoms with Gasteiger partial charge < -0.3 is 10.1 Å². The van der Waals surface area contributed by atoms with Crippen molar-refractivity contribution < 1.29 is 9.13 Å². The lowest BCUT2D eigenvalue weighted by molar-refractivity contribution is 0.408. The zero-order valence-electron chi connectivity index (χ0n) is 11.4. The van der Waals surface area contributed by atoms with Crippen LogP contribution in [0, 0.1) is 12.7 Å². The Bertz CT molecular complexity index is 548. The van der Waals surface area contributed by atoms with Gasteiger partial charge in [-0.05, 0) is 43.7 Å². The summed E-state index contributed by atoms with van der Waals surface area (Å²) in [6.45, 7) is 3.90. The van der Waals surface area contributed by atoms with E-state index in [0.717, 1.165) is 22.6 Å². The highest BCUT2D eigenvalue weighted by Crippen LogP contribution is 2.27. The number of rotatable bonds is 4. The third kappa shape index (κ3) is 3.25. The normalized spacial score (nSPS) is 12.0. The number of hydrogen-bond donors (Lipinski definition) is 1. The van der Waals surface area contributed by atoms with Gasteiger partial charge in [-0.1, -0.05) is 18.2 Å². The van der Waals surface area contributed by atoms with Crippen LogP contribution >= 0.6 is 0 Å². The van der Waals surface area contributed by atoms with Gasteiger partial charge in [0.1, 0.15) is 11.6 Å². The molecule has 0 aliphatic carbocycles. The Morgan fingerprint density at radius 2 is 1.89 bits per heavy atom. The van der Waals surface area contributed by atoms with Crippen LogP contribution < -0.4 is 10.1 Å². The smallest absolute Gasteiger partial charge is 0.125 e. The highest BCUT2D eigenvalue weighted by Gasteiger charge is 2.11. The van der Waals surface area contributed by atoms with Crippen LogP contribution in [0.3, 0.4) is 0 Å². The predicted octanol–water partition coefficient (Wildman–Crippen LogP) is 4.32. The predicted molar refractivity (Wildman–Crippen MR) is 76.2 cm³/mol. The van der Waals surface area contributed by atoms with E-state index in [2.05, 4.69) is 5.32 Å². The van der Waals surface area contributed by atoms with E-state index in [1.165, 1.54) is 12.1 Å². The van der Waals surface area contributed by atoms with Crippen LogP contribution in [0.25, 0.3) is 0 Å². The molecule has 0 aromatic heterocycles. The highest BCUT2D eigenvalue weighted by atomic mass is 19.1. The molecule has 1 N–H and O–H groups in total. The van der Waals surface area contributed by atoms with Crippen molar-refractivity contribution >= 4 is 5.69 Å². The molecule has 0 bridgehead atoms. The second-order valence-electron chi connectivity index (χ2n) is 4.63. The summed E-state index contributed by atoms with van der Waals surface area (Å²) >= 11 is 0. The van der Waals surface area contributed by atoms with E-state index in [9.17, 15) is 4.39 Å². The Morgan fingerprint density at radius 3 is 2.58 bits per heavy atom. The Kier molecular flexibility index (Phi) is 4.05. The van der Waals surface area contributed by atoms with Gasteiger partial charge >= 0.3 is 0 Å². The highest BCUT2D eigenvalue weighted by molar-refractivity contribution is 5.49. The summed E-state index contributed by atoms with van der Waals surface area (Å²) in [7, 11) is 1.65. The van der Waals surface area contributed by atoms with Crippen molar-refractivity contribution in [3.8, 4) is 5.75 Å². The van der Waals surface area contributed by atoms with Crippen molar-refractivity contribution in [1.82, 2.24) is 0 Å². The molecule has 0 aliphatic rings. The van der Waals surface area contributed by atoms with Crippen LogP contribution in [-0.4, -0.2) is 7.11 Å². The Morgan fingerprint density at radius 1 is 1.16 bits per heavy atom.